The number of aromatic carboxylic acids is 1. The summed E-state index contributed by atoms with van der Waals surface area (Å²) < 4.78 is 0.890. The Morgan fingerprint density at radius 2 is 2.10 bits per heavy atom. The molecular weight excluding hydrogens is 318 g/mol. The van der Waals surface area contributed by atoms with Crippen LogP contribution in [0.4, 0.5) is 0 Å². The standard InChI is InChI=1S/C16H22BrNO2/c1-16(2)6-3-8-18(9-7-16)11-13-5-4-12(15(19)20)10-14(13)17/h4-5,10H,3,6-9,11H2,1-2H3,(H,19,20). The van der Waals surface area contributed by atoms with Crippen molar-refractivity contribution in [3.63, 3.8) is 0 Å². The van der Waals surface area contributed by atoms with Crippen molar-refractivity contribution in [1.29, 1.82) is 0 Å². The quantitative estimate of drug-likeness (QED) is 0.898. The summed E-state index contributed by atoms with van der Waals surface area (Å²) in [5, 5.41) is 8.99. The highest BCUT2D eigenvalue weighted by Gasteiger charge is 2.23. The first kappa shape index (κ1) is 15.5. The van der Waals surface area contributed by atoms with Crippen LogP contribution in [-0.4, -0.2) is 29.1 Å². The molecule has 3 nitrogen and oxygen atoms in total. The van der Waals surface area contributed by atoms with Crippen molar-refractivity contribution in [2.75, 3.05) is 13.1 Å². The summed E-state index contributed by atoms with van der Waals surface area (Å²) in [6.07, 6.45) is 3.73. The van der Waals surface area contributed by atoms with Gasteiger partial charge in [0.05, 0.1) is 5.56 Å². The predicted molar refractivity (Wildman–Crippen MR) is 84.0 cm³/mol. The number of carboxylic acids is 1. The van der Waals surface area contributed by atoms with Crippen molar-refractivity contribution in [2.24, 2.45) is 5.41 Å². The molecule has 1 saturated heterocycles. The minimum atomic E-state index is -0.881. The molecule has 1 aromatic rings. The molecule has 0 atom stereocenters. The lowest BCUT2D eigenvalue weighted by Crippen LogP contribution is -2.25. The van der Waals surface area contributed by atoms with Crippen LogP contribution in [0.5, 0.6) is 0 Å². The van der Waals surface area contributed by atoms with Gasteiger partial charge in [-0.25, -0.2) is 4.79 Å². The van der Waals surface area contributed by atoms with E-state index in [0.29, 0.717) is 11.0 Å². The Labute approximate surface area is 129 Å². The van der Waals surface area contributed by atoms with E-state index in [9.17, 15) is 4.79 Å². The van der Waals surface area contributed by atoms with E-state index in [2.05, 4.69) is 34.7 Å². The molecule has 1 fully saturated rings. The fraction of sp³-hybridized carbons (Fsp3) is 0.562. The zero-order valence-electron chi connectivity index (χ0n) is 12.2. The molecule has 1 N–H and O–H groups in total. The minimum absolute atomic E-state index is 0.331. The number of halogens is 1. The molecule has 1 aliphatic rings. The summed E-state index contributed by atoms with van der Waals surface area (Å²) >= 11 is 3.49. The van der Waals surface area contributed by atoms with E-state index in [4.69, 9.17) is 5.11 Å². The molecule has 1 heterocycles. The van der Waals surface area contributed by atoms with Crippen LogP contribution in [-0.2, 0) is 6.54 Å². The van der Waals surface area contributed by atoms with Crippen LogP contribution in [0.15, 0.2) is 22.7 Å². The first-order valence-corrected chi connectivity index (χ1v) is 7.91. The van der Waals surface area contributed by atoms with Crippen LogP contribution in [0, 0.1) is 5.41 Å². The first-order chi connectivity index (χ1) is 9.37. The number of hydrogen-bond donors (Lipinski definition) is 1. The molecular formula is C16H22BrNO2. The molecule has 0 amide bonds. The lowest BCUT2D eigenvalue weighted by atomic mass is 9.85. The van der Waals surface area contributed by atoms with E-state index in [1.807, 2.05) is 6.07 Å². The summed E-state index contributed by atoms with van der Waals surface area (Å²) in [5.74, 6) is -0.881. The maximum Gasteiger partial charge on any atom is 0.335 e. The number of benzene rings is 1. The largest absolute Gasteiger partial charge is 0.478 e. The second kappa shape index (κ2) is 6.27. The number of carbonyl (C=O) groups is 1. The van der Waals surface area contributed by atoms with Gasteiger partial charge in [-0.15, -0.1) is 0 Å². The molecule has 0 aromatic heterocycles. The third-order valence-corrected chi connectivity index (χ3v) is 4.86. The van der Waals surface area contributed by atoms with E-state index in [1.165, 1.54) is 19.3 Å². The number of carboxylic acid groups (broad SMARTS) is 1. The predicted octanol–water partition coefficient (Wildman–Crippen LogP) is 4.16. The van der Waals surface area contributed by atoms with Gasteiger partial charge in [-0.2, -0.15) is 0 Å². The van der Waals surface area contributed by atoms with Crippen molar-refractivity contribution in [1.82, 2.24) is 4.90 Å². The SMILES string of the molecule is CC1(C)CCCN(Cc2ccc(C(=O)O)cc2Br)CC1. The molecule has 0 spiro atoms. The van der Waals surface area contributed by atoms with Gasteiger partial charge in [0.15, 0.2) is 0 Å². The van der Waals surface area contributed by atoms with Crippen molar-refractivity contribution in [3.8, 4) is 0 Å². The topological polar surface area (TPSA) is 40.5 Å². The summed E-state index contributed by atoms with van der Waals surface area (Å²) in [6.45, 7) is 7.80. The van der Waals surface area contributed by atoms with Gasteiger partial charge in [0.25, 0.3) is 0 Å². The van der Waals surface area contributed by atoms with Gasteiger partial charge in [0, 0.05) is 11.0 Å². The molecule has 0 radical (unpaired) electrons. The van der Waals surface area contributed by atoms with Crippen molar-refractivity contribution < 1.29 is 9.90 Å². The molecule has 0 aliphatic carbocycles. The van der Waals surface area contributed by atoms with Crippen LogP contribution in [0.3, 0.4) is 0 Å². The van der Waals surface area contributed by atoms with Gasteiger partial charge in [-0.05, 0) is 55.5 Å². The summed E-state index contributed by atoms with van der Waals surface area (Å²) in [5.41, 5.74) is 1.94. The Kier molecular flexibility index (Phi) is 4.86. The number of rotatable bonds is 3. The zero-order chi connectivity index (χ0) is 14.8. The molecule has 1 aliphatic heterocycles. The molecule has 110 valence electrons. The summed E-state index contributed by atoms with van der Waals surface area (Å²) in [6, 6.07) is 5.30. The Balaban J connectivity index is 2.05. The fourth-order valence-electron chi connectivity index (χ4n) is 2.69. The average Bonchev–Trinajstić information content (AvgIpc) is 2.53. The monoisotopic (exact) mass is 339 g/mol. The number of likely N-dealkylation sites (tertiary alicyclic amines) is 1. The molecule has 0 unspecified atom stereocenters. The highest BCUT2D eigenvalue weighted by molar-refractivity contribution is 9.10. The van der Waals surface area contributed by atoms with Gasteiger partial charge in [0.1, 0.15) is 0 Å². The Hall–Kier alpha value is -0.870. The normalized spacial score (nSPS) is 19.6. The Morgan fingerprint density at radius 1 is 1.35 bits per heavy atom. The second-order valence-corrected chi connectivity index (χ2v) is 7.26. The second-order valence-electron chi connectivity index (χ2n) is 6.41. The van der Waals surface area contributed by atoms with Crippen LogP contribution < -0.4 is 0 Å². The van der Waals surface area contributed by atoms with E-state index in [1.54, 1.807) is 12.1 Å². The third-order valence-electron chi connectivity index (χ3n) is 4.13. The molecule has 0 saturated carbocycles. The van der Waals surface area contributed by atoms with Crippen LogP contribution in [0.2, 0.25) is 0 Å². The highest BCUT2D eigenvalue weighted by Crippen LogP contribution is 2.31. The maximum atomic E-state index is 10.9. The third kappa shape index (κ3) is 4.06. The van der Waals surface area contributed by atoms with Crippen LogP contribution in [0.25, 0.3) is 0 Å². The summed E-state index contributed by atoms with van der Waals surface area (Å²) in [7, 11) is 0. The zero-order valence-corrected chi connectivity index (χ0v) is 13.7. The molecule has 0 bridgehead atoms. The fourth-order valence-corrected chi connectivity index (χ4v) is 3.19. The van der Waals surface area contributed by atoms with Crippen molar-refractivity contribution in [3.05, 3.63) is 33.8 Å². The highest BCUT2D eigenvalue weighted by atomic mass is 79.9. The van der Waals surface area contributed by atoms with Gasteiger partial charge in [-0.1, -0.05) is 35.8 Å². The van der Waals surface area contributed by atoms with Crippen molar-refractivity contribution in [2.45, 2.75) is 39.7 Å². The molecule has 1 aromatic carbocycles. The van der Waals surface area contributed by atoms with E-state index in [0.717, 1.165) is 29.7 Å². The Morgan fingerprint density at radius 3 is 2.75 bits per heavy atom. The van der Waals surface area contributed by atoms with Crippen LogP contribution >= 0.6 is 15.9 Å². The lowest BCUT2D eigenvalue weighted by molar-refractivity contribution is 0.0697. The van der Waals surface area contributed by atoms with Gasteiger partial charge in [-0.3, -0.25) is 4.90 Å². The maximum absolute atomic E-state index is 10.9. The van der Waals surface area contributed by atoms with Crippen LogP contribution in [0.1, 0.15) is 49.0 Å². The average molecular weight is 340 g/mol. The number of hydrogen-bond acceptors (Lipinski definition) is 2. The smallest absolute Gasteiger partial charge is 0.335 e. The Bertz CT molecular complexity index is 499. The molecule has 4 heteroatoms. The number of nitrogens with zero attached hydrogens (tertiary/aromatic N) is 1. The minimum Gasteiger partial charge on any atom is -0.478 e. The van der Waals surface area contributed by atoms with Gasteiger partial charge < -0.3 is 5.11 Å². The van der Waals surface area contributed by atoms with E-state index < -0.39 is 5.97 Å². The lowest BCUT2D eigenvalue weighted by Gasteiger charge is -2.23. The van der Waals surface area contributed by atoms with E-state index in [-0.39, 0.29) is 0 Å². The van der Waals surface area contributed by atoms with Gasteiger partial charge >= 0.3 is 5.97 Å². The molecule has 2 rings (SSSR count). The first-order valence-electron chi connectivity index (χ1n) is 7.11. The van der Waals surface area contributed by atoms with E-state index >= 15 is 0 Å². The van der Waals surface area contributed by atoms with Crippen molar-refractivity contribution >= 4 is 21.9 Å². The summed E-state index contributed by atoms with van der Waals surface area (Å²) in [4.78, 5) is 13.4. The molecule has 20 heavy (non-hydrogen) atoms. The van der Waals surface area contributed by atoms with Gasteiger partial charge in [0.2, 0.25) is 0 Å².